The number of alkyl halides is 2. The minimum atomic E-state index is -2.87. The average molecular weight is 183 g/mol. The maximum absolute atomic E-state index is 12.7. The Morgan fingerprint density at radius 2 is 2.08 bits per heavy atom. The van der Waals surface area contributed by atoms with Crippen molar-refractivity contribution in [1.29, 1.82) is 0 Å². The largest absolute Gasteiger partial charge is 0.286 e. The van der Waals surface area contributed by atoms with E-state index < -0.39 is 5.92 Å². The van der Waals surface area contributed by atoms with Gasteiger partial charge in [0.05, 0.1) is 0 Å². The second kappa shape index (κ2) is 3.24. The number of halogens is 2. The summed E-state index contributed by atoms with van der Waals surface area (Å²) in [5, 5.41) is 0. The number of nitrogens with zero attached hydrogens (tertiary/aromatic N) is 1. The molecule has 0 saturated carbocycles. The van der Waals surface area contributed by atoms with E-state index in [4.69, 9.17) is 0 Å². The Bertz CT molecular complexity index is 309. The molecule has 0 aliphatic rings. The Hall–Kier alpha value is -1.25. The van der Waals surface area contributed by atoms with Crippen molar-refractivity contribution in [1.82, 2.24) is 4.98 Å². The summed E-state index contributed by atoms with van der Waals surface area (Å²) < 4.78 is 25.4. The van der Waals surface area contributed by atoms with Crippen molar-refractivity contribution < 1.29 is 8.78 Å². The van der Waals surface area contributed by atoms with Crippen molar-refractivity contribution in [2.75, 3.05) is 0 Å². The maximum atomic E-state index is 12.7. The van der Waals surface area contributed by atoms with Gasteiger partial charge in [-0.3, -0.25) is 4.98 Å². The summed E-state index contributed by atoms with van der Waals surface area (Å²) in [4.78, 5) is 3.66. The highest BCUT2D eigenvalue weighted by atomic mass is 19.3. The van der Waals surface area contributed by atoms with Gasteiger partial charge in [0.1, 0.15) is 5.69 Å². The van der Waals surface area contributed by atoms with Crippen LogP contribution in [0.5, 0.6) is 0 Å². The molecule has 0 amide bonds. The second-order valence-electron chi connectivity index (χ2n) is 3.10. The summed E-state index contributed by atoms with van der Waals surface area (Å²) >= 11 is 0. The smallest absolute Gasteiger partial charge is 0.254 e. The average Bonchev–Trinajstić information content (AvgIpc) is 2.03. The molecule has 1 aromatic rings. The van der Waals surface area contributed by atoms with Crippen LogP contribution in [0, 0.1) is 0 Å². The molecule has 1 heterocycles. The predicted octanol–water partition coefficient (Wildman–Crippen LogP) is 3.23. The molecule has 0 aliphatic carbocycles. The Labute approximate surface area is 76.1 Å². The van der Waals surface area contributed by atoms with Crippen LogP contribution < -0.4 is 0 Å². The molecule has 70 valence electrons. The van der Waals surface area contributed by atoms with E-state index in [9.17, 15) is 8.78 Å². The van der Waals surface area contributed by atoms with E-state index in [1.54, 1.807) is 13.0 Å². The van der Waals surface area contributed by atoms with Crippen molar-refractivity contribution in [3.8, 4) is 0 Å². The molecule has 0 unspecified atom stereocenters. The highest BCUT2D eigenvalue weighted by molar-refractivity contribution is 5.60. The van der Waals surface area contributed by atoms with Gasteiger partial charge in [-0.2, -0.15) is 8.78 Å². The second-order valence-corrected chi connectivity index (χ2v) is 3.10. The number of allylic oxidation sites excluding steroid dienone is 1. The summed E-state index contributed by atoms with van der Waals surface area (Å²) in [5.41, 5.74) is 1.39. The molecule has 0 aliphatic heterocycles. The number of hydrogen-bond acceptors (Lipinski definition) is 1. The van der Waals surface area contributed by atoms with Crippen molar-refractivity contribution in [3.63, 3.8) is 0 Å². The molecule has 0 N–H and O–H groups in total. The van der Waals surface area contributed by atoms with Gasteiger partial charge in [-0.15, -0.1) is 0 Å². The van der Waals surface area contributed by atoms with Gasteiger partial charge < -0.3 is 0 Å². The molecule has 1 rings (SSSR count). The summed E-state index contributed by atoms with van der Waals surface area (Å²) in [6, 6.07) is 2.92. The van der Waals surface area contributed by atoms with Crippen LogP contribution in [0.3, 0.4) is 0 Å². The number of hydrogen-bond donors (Lipinski definition) is 0. The summed E-state index contributed by atoms with van der Waals surface area (Å²) in [7, 11) is 0. The fraction of sp³-hybridized carbons (Fsp3) is 0.300. The van der Waals surface area contributed by atoms with Crippen molar-refractivity contribution >= 4 is 5.57 Å². The molecular formula is C10H11F2N. The fourth-order valence-electron chi connectivity index (χ4n) is 0.906. The maximum Gasteiger partial charge on any atom is 0.286 e. The van der Waals surface area contributed by atoms with E-state index in [0.29, 0.717) is 0 Å². The van der Waals surface area contributed by atoms with Gasteiger partial charge in [-0.05, 0) is 24.1 Å². The first-order valence-electron chi connectivity index (χ1n) is 3.91. The van der Waals surface area contributed by atoms with E-state index in [0.717, 1.165) is 18.1 Å². The predicted molar refractivity (Wildman–Crippen MR) is 48.5 cm³/mol. The van der Waals surface area contributed by atoms with Gasteiger partial charge in [0, 0.05) is 13.1 Å². The van der Waals surface area contributed by atoms with Crippen molar-refractivity contribution in [3.05, 3.63) is 36.2 Å². The van der Waals surface area contributed by atoms with Gasteiger partial charge in [-0.25, -0.2) is 0 Å². The zero-order chi connectivity index (χ0) is 10.1. The molecule has 13 heavy (non-hydrogen) atoms. The first-order valence-corrected chi connectivity index (χ1v) is 3.91. The molecule has 0 aromatic carbocycles. The molecule has 3 heteroatoms. The highest BCUT2D eigenvalue weighted by Crippen LogP contribution is 2.25. The minimum Gasteiger partial charge on any atom is -0.254 e. The van der Waals surface area contributed by atoms with Gasteiger partial charge in [0.2, 0.25) is 0 Å². The van der Waals surface area contributed by atoms with Gasteiger partial charge in [0.15, 0.2) is 0 Å². The third kappa shape index (κ3) is 2.34. The molecule has 0 radical (unpaired) electrons. The normalized spacial score (nSPS) is 11.4. The molecule has 1 nitrogen and oxygen atoms in total. The van der Waals surface area contributed by atoms with Gasteiger partial charge >= 0.3 is 0 Å². The van der Waals surface area contributed by atoms with E-state index >= 15 is 0 Å². The number of aromatic nitrogens is 1. The lowest BCUT2D eigenvalue weighted by Crippen LogP contribution is -2.09. The zero-order valence-corrected chi connectivity index (χ0v) is 7.64. The fourth-order valence-corrected chi connectivity index (χ4v) is 0.906. The molecule has 0 bridgehead atoms. The standard InChI is InChI=1S/C10H11F2N/c1-7(2)8-4-5-9(13-6-8)10(3,11)12/h4-6H,1H2,2-3H3. The van der Waals surface area contributed by atoms with Crippen LogP contribution >= 0.6 is 0 Å². The Balaban J connectivity index is 3.01. The summed E-state index contributed by atoms with van der Waals surface area (Å²) in [5.74, 6) is -2.87. The third-order valence-corrected chi connectivity index (χ3v) is 1.71. The lowest BCUT2D eigenvalue weighted by Gasteiger charge is -2.09. The zero-order valence-electron chi connectivity index (χ0n) is 7.64. The Morgan fingerprint density at radius 1 is 1.46 bits per heavy atom. The topological polar surface area (TPSA) is 12.9 Å². The molecule has 0 spiro atoms. The van der Waals surface area contributed by atoms with Crippen LogP contribution in [-0.4, -0.2) is 4.98 Å². The third-order valence-electron chi connectivity index (χ3n) is 1.71. The van der Waals surface area contributed by atoms with Crippen molar-refractivity contribution in [2.24, 2.45) is 0 Å². The Morgan fingerprint density at radius 3 is 2.38 bits per heavy atom. The van der Waals surface area contributed by atoms with E-state index in [2.05, 4.69) is 11.6 Å². The SMILES string of the molecule is C=C(C)c1ccc(C(C)(F)F)nc1. The van der Waals surface area contributed by atoms with Crippen LogP contribution in [0.4, 0.5) is 8.78 Å². The highest BCUT2D eigenvalue weighted by Gasteiger charge is 2.25. The molecule has 1 aromatic heterocycles. The molecular weight excluding hydrogens is 172 g/mol. The van der Waals surface area contributed by atoms with Crippen LogP contribution in [-0.2, 0) is 5.92 Å². The van der Waals surface area contributed by atoms with Crippen LogP contribution in [0.2, 0.25) is 0 Å². The summed E-state index contributed by atoms with van der Waals surface area (Å²) in [6.45, 7) is 6.33. The number of pyridine rings is 1. The van der Waals surface area contributed by atoms with Crippen LogP contribution in [0.15, 0.2) is 24.9 Å². The lowest BCUT2D eigenvalue weighted by atomic mass is 10.1. The first-order chi connectivity index (χ1) is 5.91. The van der Waals surface area contributed by atoms with E-state index in [-0.39, 0.29) is 5.69 Å². The van der Waals surface area contributed by atoms with Gasteiger partial charge in [0.25, 0.3) is 5.92 Å². The molecule has 0 atom stereocenters. The lowest BCUT2D eigenvalue weighted by molar-refractivity contribution is 0.0127. The molecule has 0 fully saturated rings. The van der Waals surface area contributed by atoms with Crippen molar-refractivity contribution in [2.45, 2.75) is 19.8 Å². The first kappa shape index (κ1) is 9.84. The quantitative estimate of drug-likeness (QED) is 0.686. The number of rotatable bonds is 2. The van der Waals surface area contributed by atoms with Crippen LogP contribution in [0.1, 0.15) is 25.1 Å². The van der Waals surface area contributed by atoms with Gasteiger partial charge in [-0.1, -0.05) is 12.6 Å². The van der Waals surface area contributed by atoms with E-state index in [1.807, 2.05) is 0 Å². The monoisotopic (exact) mass is 183 g/mol. The Kier molecular flexibility index (Phi) is 2.45. The van der Waals surface area contributed by atoms with E-state index in [1.165, 1.54) is 12.3 Å². The summed E-state index contributed by atoms with van der Waals surface area (Å²) in [6.07, 6.45) is 1.41. The molecule has 0 saturated heterocycles. The van der Waals surface area contributed by atoms with Crippen LogP contribution in [0.25, 0.3) is 5.57 Å². The minimum absolute atomic E-state index is 0.211.